The summed E-state index contributed by atoms with van der Waals surface area (Å²) in [6.07, 6.45) is -2.63. The zero-order chi connectivity index (χ0) is 26.7. The Hall–Kier alpha value is -2.61. The topological polar surface area (TPSA) is 74.3 Å². The number of piperazine rings is 1. The molecule has 1 aliphatic heterocycles. The van der Waals surface area contributed by atoms with Crippen LogP contribution in [0.2, 0.25) is 0 Å². The Morgan fingerprint density at radius 3 is 2.35 bits per heavy atom. The van der Waals surface area contributed by atoms with Crippen molar-refractivity contribution in [3.05, 3.63) is 53.6 Å². The van der Waals surface area contributed by atoms with E-state index in [0.717, 1.165) is 11.1 Å². The van der Waals surface area contributed by atoms with Crippen molar-refractivity contribution in [3.63, 3.8) is 0 Å². The highest BCUT2D eigenvalue weighted by molar-refractivity contribution is 5.93. The first-order valence-corrected chi connectivity index (χ1v) is 10.2. The first-order chi connectivity index (χ1) is 16.8. The molecular weight excluding hydrogens is 394 g/mol. The minimum absolute atomic E-state index is 0.0589. The van der Waals surface area contributed by atoms with E-state index in [0.29, 0.717) is 5.69 Å². The molecule has 0 spiro atoms. The van der Waals surface area contributed by atoms with Gasteiger partial charge in [-0.1, -0.05) is 30.3 Å². The van der Waals surface area contributed by atoms with Crippen molar-refractivity contribution < 1.29 is 26.2 Å². The van der Waals surface area contributed by atoms with Crippen LogP contribution in [0.25, 0.3) is 0 Å². The number of carbonyl (C=O) groups excluding carboxylic acids is 1. The quantitative estimate of drug-likeness (QED) is 0.634. The molecule has 31 heavy (non-hydrogen) atoms. The van der Waals surface area contributed by atoms with Crippen LogP contribution in [0.15, 0.2) is 42.5 Å². The average molecular weight is 433 g/mol. The molecule has 1 aliphatic rings. The Morgan fingerprint density at radius 1 is 1.10 bits per heavy atom. The van der Waals surface area contributed by atoms with Gasteiger partial charge in [0.15, 0.2) is 11.5 Å². The summed E-state index contributed by atoms with van der Waals surface area (Å²) in [6, 6.07) is 11.9. The first-order valence-electron chi connectivity index (χ1n) is 12.7. The number of hydrogen-bond acceptors (Lipinski definition) is 6. The number of para-hydroxylation sites is 3. The average Bonchev–Trinajstić information content (AvgIpc) is 2.81. The molecule has 0 saturated carbocycles. The predicted octanol–water partition coefficient (Wildman–Crippen LogP) is 2.31. The first kappa shape index (κ1) is 17.0. The highest BCUT2D eigenvalue weighted by Gasteiger charge is 2.21. The third-order valence-electron chi connectivity index (χ3n) is 5.07. The fraction of sp³-hybridized carbons (Fsp3) is 0.458. The molecule has 1 heterocycles. The summed E-state index contributed by atoms with van der Waals surface area (Å²) in [4.78, 5) is 15.9. The maximum Gasteiger partial charge on any atom is 0.238 e. The van der Waals surface area contributed by atoms with Crippen molar-refractivity contribution in [1.82, 2.24) is 9.80 Å². The van der Waals surface area contributed by atoms with Gasteiger partial charge in [0, 0.05) is 38.4 Å². The molecule has 168 valence electrons. The number of β-amino-alcohol motifs (C(OH)–C–C–N with tert-alkyl or cyclic N) is 1. The third kappa shape index (κ3) is 6.69. The molecule has 0 aromatic heterocycles. The van der Waals surface area contributed by atoms with Crippen LogP contribution < -0.4 is 14.8 Å². The van der Waals surface area contributed by atoms with Gasteiger partial charge < -0.3 is 19.9 Å². The number of nitrogens with zero attached hydrogens (tertiary/aromatic N) is 2. The number of amides is 1. The van der Waals surface area contributed by atoms with Gasteiger partial charge in [-0.3, -0.25) is 14.6 Å². The number of ether oxygens (including phenoxy) is 2. The maximum absolute atomic E-state index is 12.8. The SMILES string of the molecule is [2H]C([2H])(C(=O)Nc1c(C)cccc1C)N1CCN(CC([2H])(O)C([2H])([2H])Oc2ccccc2OC)CC1. The van der Waals surface area contributed by atoms with Gasteiger partial charge in [0.05, 0.1) is 20.5 Å². The van der Waals surface area contributed by atoms with E-state index in [1.165, 1.54) is 18.1 Å². The van der Waals surface area contributed by atoms with Gasteiger partial charge in [-0.25, -0.2) is 0 Å². The summed E-state index contributed by atoms with van der Waals surface area (Å²) in [5, 5.41) is 13.4. The standard InChI is InChI=1S/C24H33N3O4/c1-18-7-6-8-19(2)24(18)25-23(29)16-27-13-11-26(12-14-27)15-20(28)17-31-22-10-5-4-9-21(22)30-3/h4-10,20,28H,11-17H2,1-3H3,(H,25,29)/i16D2,17D2,20D. The second kappa shape index (κ2) is 11.1. The summed E-state index contributed by atoms with van der Waals surface area (Å²) < 4.78 is 52.0. The van der Waals surface area contributed by atoms with E-state index in [9.17, 15) is 9.90 Å². The van der Waals surface area contributed by atoms with E-state index in [1.54, 1.807) is 23.1 Å². The molecule has 2 N–H and O–H groups in total. The van der Waals surface area contributed by atoms with Crippen molar-refractivity contribution in [2.24, 2.45) is 0 Å². The number of carbonyl (C=O) groups is 1. The van der Waals surface area contributed by atoms with Crippen molar-refractivity contribution in [2.75, 3.05) is 58.2 Å². The van der Waals surface area contributed by atoms with Crippen LogP contribution in [0.3, 0.4) is 0 Å². The number of hydrogen-bond donors (Lipinski definition) is 2. The molecule has 1 atom stereocenters. The minimum Gasteiger partial charge on any atom is -0.493 e. The lowest BCUT2D eigenvalue weighted by molar-refractivity contribution is -0.117. The second-order valence-corrected chi connectivity index (χ2v) is 7.40. The van der Waals surface area contributed by atoms with Crippen LogP contribution in [0.5, 0.6) is 11.5 Å². The molecule has 7 heteroatoms. The molecule has 7 nitrogen and oxygen atoms in total. The highest BCUT2D eigenvalue weighted by atomic mass is 16.5. The Morgan fingerprint density at radius 2 is 1.71 bits per heavy atom. The number of aryl methyl sites for hydroxylation is 2. The van der Waals surface area contributed by atoms with Gasteiger partial charge in [0.2, 0.25) is 5.91 Å². The van der Waals surface area contributed by atoms with E-state index in [4.69, 9.17) is 16.3 Å². The van der Waals surface area contributed by atoms with Crippen LogP contribution in [0, 0.1) is 13.8 Å². The van der Waals surface area contributed by atoms with Gasteiger partial charge in [-0.2, -0.15) is 0 Å². The summed E-state index contributed by atoms with van der Waals surface area (Å²) in [5.74, 6) is -0.442. The van der Waals surface area contributed by atoms with Crippen LogP contribution in [0.4, 0.5) is 5.69 Å². The largest absolute Gasteiger partial charge is 0.493 e. The van der Waals surface area contributed by atoms with Crippen molar-refractivity contribution in [2.45, 2.75) is 19.9 Å². The smallest absolute Gasteiger partial charge is 0.238 e. The summed E-state index contributed by atoms with van der Waals surface area (Å²) in [6.45, 7) is -0.979. The molecule has 1 unspecified atom stereocenters. The number of methoxy groups -OCH3 is 1. The molecular formula is C24H33N3O4. The fourth-order valence-corrected chi connectivity index (χ4v) is 3.38. The van der Waals surface area contributed by atoms with Crippen molar-refractivity contribution in [3.8, 4) is 11.5 Å². The van der Waals surface area contributed by atoms with Crippen LogP contribution in [0.1, 0.15) is 18.0 Å². The zero-order valence-electron chi connectivity index (χ0n) is 23.1. The maximum atomic E-state index is 12.8. The number of nitrogens with one attached hydrogen (secondary N) is 1. The third-order valence-corrected chi connectivity index (χ3v) is 5.07. The normalized spacial score (nSPS) is 20.3. The Balaban J connectivity index is 1.61. The molecule has 1 saturated heterocycles. The number of aliphatic hydroxyl groups is 1. The number of anilines is 1. The Bertz CT molecular complexity index is 1060. The molecule has 2 aromatic rings. The van der Waals surface area contributed by atoms with Gasteiger partial charge in [0.25, 0.3) is 0 Å². The minimum atomic E-state index is -2.77. The molecule has 0 aliphatic carbocycles. The van der Waals surface area contributed by atoms with Gasteiger partial charge in [-0.05, 0) is 37.1 Å². The van der Waals surface area contributed by atoms with Crippen molar-refractivity contribution >= 4 is 11.6 Å². The van der Waals surface area contributed by atoms with E-state index >= 15 is 0 Å². The Kier molecular flexibility index (Phi) is 6.11. The molecule has 3 rings (SSSR count). The lowest BCUT2D eigenvalue weighted by Gasteiger charge is -2.35. The van der Waals surface area contributed by atoms with E-state index in [-0.39, 0.29) is 44.2 Å². The number of rotatable bonds is 9. The second-order valence-electron chi connectivity index (χ2n) is 7.40. The Labute approximate surface area is 191 Å². The van der Waals surface area contributed by atoms with E-state index in [2.05, 4.69) is 5.32 Å². The molecule has 1 fully saturated rings. The number of benzene rings is 2. The lowest BCUT2D eigenvalue weighted by Crippen LogP contribution is -2.50. The van der Waals surface area contributed by atoms with Gasteiger partial charge in [0.1, 0.15) is 12.6 Å². The van der Waals surface area contributed by atoms with Crippen molar-refractivity contribution in [1.29, 1.82) is 0 Å². The molecule has 0 bridgehead atoms. The van der Waals surface area contributed by atoms with Crippen LogP contribution in [-0.4, -0.2) is 79.8 Å². The van der Waals surface area contributed by atoms with Gasteiger partial charge >= 0.3 is 0 Å². The summed E-state index contributed by atoms with van der Waals surface area (Å²) in [7, 11) is 1.41. The molecule has 2 aromatic carbocycles. The van der Waals surface area contributed by atoms with Crippen LogP contribution >= 0.6 is 0 Å². The van der Waals surface area contributed by atoms with E-state index in [1.807, 2.05) is 32.0 Å². The van der Waals surface area contributed by atoms with E-state index < -0.39 is 25.0 Å². The lowest BCUT2D eigenvalue weighted by atomic mass is 10.1. The zero-order valence-corrected chi connectivity index (χ0v) is 18.1. The molecule has 0 radical (unpaired) electrons. The highest BCUT2D eigenvalue weighted by Crippen LogP contribution is 2.25. The summed E-state index contributed by atoms with van der Waals surface area (Å²) >= 11 is 0. The summed E-state index contributed by atoms with van der Waals surface area (Å²) in [5.41, 5.74) is 2.26. The molecule has 1 amide bonds. The predicted molar refractivity (Wildman–Crippen MR) is 122 cm³/mol. The van der Waals surface area contributed by atoms with Gasteiger partial charge in [-0.15, -0.1) is 0 Å². The van der Waals surface area contributed by atoms with Crippen LogP contribution in [-0.2, 0) is 4.79 Å². The fourth-order valence-electron chi connectivity index (χ4n) is 3.38. The monoisotopic (exact) mass is 432 g/mol.